The molecule has 0 aromatic carbocycles. The van der Waals surface area contributed by atoms with Crippen molar-refractivity contribution < 1.29 is 4.79 Å². The van der Waals surface area contributed by atoms with Gasteiger partial charge in [0.2, 0.25) is 0 Å². The molecule has 0 aromatic rings. The average Bonchev–Trinajstić information content (AvgIpc) is 2.82. The quantitative estimate of drug-likeness (QED) is 0.764. The molecule has 0 radical (unpaired) electrons. The third-order valence-corrected chi connectivity index (χ3v) is 5.55. The van der Waals surface area contributed by atoms with Crippen molar-refractivity contribution in [3.8, 4) is 0 Å². The zero-order valence-electron chi connectivity index (χ0n) is 11.6. The highest BCUT2D eigenvalue weighted by molar-refractivity contribution is 5.82. The Balaban J connectivity index is 1.53. The molecule has 2 aliphatic carbocycles. The van der Waals surface area contributed by atoms with Crippen LogP contribution in [-0.2, 0) is 4.79 Å². The Bertz CT molecular complexity index is 299. The Morgan fingerprint density at radius 2 is 1.83 bits per heavy atom. The maximum absolute atomic E-state index is 11.7. The van der Waals surface area contributed by atoms with Gasteiger partial charge in [-0.1, -0.05) is 12.8 Å². The number of Topliss-reactive ketones (excluding diaryl/α,β-unsaturated/α-hetero) is 1. The molecule has 0 N–H and O–H groups in total. The highest BCUT2D eigenvalue weighted by Crippen LogP contribution is 2.36. The van der Waals surface area contributed by atoms with Gasteiger partial charge >= 0.3 is 0 Å². The van der Waals surface area contributed by atoms with Crippen molar-refractivity contribution in [3.05, 3.63) is 0 Å². The highest BCUT2D eigenvalue weighted by Gasteiger charge is 2.33. The molecule has 1 aliphatic heterocycles. The van der Waals surface area contributed by atoms with Crippen LogP contribution >= 0.6 is 0 Å². The molecule has 0 amide bonds. The molecule has 0 aromatic heterocycles. The van der Waals surface area contributed by atoms with Crippen LogP contribution in [0.4, 0.5) is 0 Å². The van der Waals surface area contributed by atoms with Crippen molar-refractivity contribution in [2.75, 3.05) is 13.1 Å². The topological polar surface area (TPSA) is 20.3 Å². The second-order valence-corrected chi connectivity index (χ2v) is 6.63. The van der Waals surface area contributed by atoms with E-state index in [0.29, 0.717) is 11.7 Å². The molecule has 3 fully saturated rings. The van der Waals surface area contributed by atoms with Gasteiger partial charge in [-0.25, -0.2) is 0 Å². The number of hydrogen-bond acceptors (Lipinski definition) is 2. The smallest absolute Gasteiger partial charge is 0.136 e. The van der Waals surface area contributed by atoms with E-state index in [1.54, 1.807) is 0 Å². The summed E-state index contributed by atoms with van der Waals surface area (Å²) in [4.78, 5) is 14.4. The number of carbonyl (C=O) groups excluding carboxylic acids is 1. The van der Waals surface area contributed by atoms with E-state index in [0.717, 1.165) is 31.2 Å². The zero-order valence-corrected chi connectivity index (χ0v) is 11.6. The third kappa shape index (κ3) is 2.64. The van der Waals surface area contributed by atoms with Gasteiger partial charge in [0.05, 0.1) is 0 Å². The molecule has 1 saturated heterocycles. The number of nitrogens with zero attached hydrogens (tertiary/aromatic N) is 1. The first kappa shape index (κ1) is 12.7. The lowest BCUT2D eigenvalue weighted by Crippen LogP contribution is -2.47. The van der Waals surface area contributed by atoms with E-state index in [1.165, 1.54) is 58.0 Å². The molecule has 1 heterocycles. The van der Waals surface area contributed by atoms with E-state index in [4.69, 9.17) is 0 Å². The Morgan fingerprint density at radius 3 is 2.67 bits per heavy atom. The van der Waals surface area contributed by atoms with Crippen LogP contribution in [0, 0.1) is 11.8 Å². The van der Waals surface area contributed by atoms with Crippen LogP contribution in [0.3, 0.4) is 0 Å². The molecule has 18 heavy (non-hydrogen) atoms. The van der Waals surface area contributed by atoms with Crippen molar-refractivity contribution >= 4 is 5.78 Å². The lowest BCUT2D eigenvalue weighted by molar-refractivity contribution is -0.121. The van der Waals surface area contributed by atoms with Gasteiger partial charge < -0.3 is 4.90 Å². The number of hydrogen-bond donors (Lipinski definition) is 0. The minimum atomic E-state index is 0.411. The second-order valence-electron chi connectivity index (χ2n) is 6.63. The van der Waals surface area contributed by atoms with Crippen LogP contribution in [-0.4, -0.2) is 29.8 Å². The minimum absolute atomic E-state index is 0.411. The maximum Gasteiger partial charge on any atom is 0.136 e. The Labute approximate surface area is 111 Å². The van der Waals surface area contributed by atoms with Crippen molar-refractivity contribution in [1.82, 2.24) is 4.90 Å². The lowest BCUT2D eigenvalue weighted by Gasteiger charge is -2.44. The summed E-state index contributed by atoms with van der Waals surface area (Å²) in [5.41, 5.74) is 0. The van der Waals surface area contributed by atoms with E-state index < -0.39 is 0 Å². The molecule has 2 nitrogen and oxygen atoms in total. The molecule has 3 rings (SSSR count). The van der Waals surface area contributed by atoms with Gasteiger partial charge in [-0.3, -0.25) is 4.79 Å². The summed E-state index contributed by atoms with van der Waals surface area (Å²) in [6, 6.07) is 0.865. The fourth-order valence-electron chi connectivity index (χ4n) is 4.52. The van der Waals surface area contributed by atoms with E-state index >= 15 is 0 Å². The summed E-state index contributed by atoms with van der Waals surface area (Å²) in [6.07, 6.45) is 12.9. The fraction of sp³-hybridized carbons (Fsp3) is 0.938. The van der Waals surface area contributed by atoms with Crippen molar-refractivity contribution in [2.45, 2.75) is 70.3 Å². The van der Waals surface area contributed by atoms with Crippen LogP contribution < -0.4 is 0 Å². The molecular weight excluding hydrogens is 222 g/mol. The summed E-state index contributed by atoms with van der Waals surface area (Å²) in [6.45, 7) is 2.49. The largest absolute Gasteiger partial charge is 0.300 e. The first-order chi connectivity index (χ1) is 8.84. The number of piperidine rings is 1. The van der Waals surface area contributed by atoms with Gasteiger partial charge in [0, 0.05) is 18.4 Å². The number of likely N-dealkylation sites (tertiary alicyclic amines) is 1. The number of ketones is 1. The second kappa shape index (κ2) is 5.73. The van der Waals surface area contributed by atoms with E-state index in [2.05, 4.69) is 4.90 Å². The maximum atomic E-state index is 11.7. The van der Waals surface area contributed by atoms with E-state index in [9.17, 15) is 4.79 Å². The highest BCUT2D eigenvalue weighted by atomic mass is 16.1. The molecule has 102 valence electrons. The fourth-order valence-corrected chi connectivity index (χ4v) is 4.52. The number of rotatable bonds is 3. The van der Waals surface area contributed by atoms with Gasteiger partial charge in [-0.15, -0.1) is 0 Å². The molecule has 3 atom stereocenters. The molecule has 1 unspecified atom stereocenters. The normalized spacial score (nSPS) is 37.8. The summed E-state index contributed by atoms with van der Waals surface area (Å²) >= 11 is 0. The molecular formula is C16H27NO. The molecule has 2 heteroatoms. The van der Waals surface area contributed by atoms with Gasteiger partial charge in [0.1, 0.15) is 5.78 Å². The van der Waals surface area contributed by atoms with Gasteiger partial charge in [0.15, 0.2) is 0 Å². The van der Waals surface area contributed by atoms with Gasteiger partial charge in [-0.05, 0) is 64.0 Å². The summed E-state index contributed by atoms with van der Waals surface area (Å²) in [5.74, 6) is 1.94. The number of fused-ring (bicyclic) bond motifs is 1. The minimum Gasteiger partial charge on any atom is -0.300 e. The van der Waals surface area contributed by atoms with Crippen molar-refractivity contribution in [2.24, 2.45) is 11.8 Å². The third-order valence-electron chi connectivity index (χ3n) is 5.55. The molecule has 0 spiro atoms. The summed E-state index contributed by atoms with van der Waals surface area (Å²) < 4.78 is 0. The summed E-state index contributed by atoms with van der Waals surface area (Å²) in [5, 5.41) is 0. The van der Waals surface area contributed by atoms with Crippen LogP contribution in [0.2, 0.25) is 0 Å². The Hall–Kier alpha value is -0.370. The average molecular weight is 249 g/mol. The monoisotopic (exact) mass is 249 g/mol. The summed E-state index contributed by atoms with van der Waals surface area (Å²) in [7, 11) is 0. The molecule has 2 saturated carbocycles. The predicted octanol–water partition coefficient (Wildman–Crippen LogP) is 3.40. The van der Waals surface area contributed by atoms with E-state index in [-0.39, 0.29) is 0 Å². The van der Waals surface area contributed by atoms with Crippen LogP contribution in [0.5, 0.6) is 0 Å². The van der Waals surface area contributed by atoms with Crippen molar-refractivity contribution in [3.63, 3.8) is 0 Å². The standard InChI is InChI=1S/C16H27NO/c18-16-9-3-6-14(16)10-12-17-11-4-7-13-5-1-2-8-15(13)17/h13-15H,1-12H2/t13-,14?,15-/m1/s1. The first-order valence-electron chi connectivity index (χ1n) is 8.11. The Kier molecular flexibility index (Phi) is 4.03. The Morgan fingerprint density at radius 1 is 1.00 bits per heavy atom. The van der Waals surface area contributed by atoms with Crippen LogP contribution in [0.1, 0.15) is 64.2 Å². The number of carbonyl (C=O) groups is 1. The SMILES string of the molecule is O=C1CCCC1CCN1CCC[C@H]2CCCC[C@H]21. The molecule has 3 aliphatic rings. The van der Waals surface area contributed by atoms with Crippen molar-refractivity contribution in [1.29, 1.82) is 0 Å². The van der Waals surface area contributed by atoms with Crippen LogP contribution in [0.25, 0.3) is 0 Å². The van der Waals surface area contributed by atoms with Crippen LogP contribution in [0.15, 0.2) is 0 Å². The zero-order chi connectivity index (χ0) is 12.4. The van der Waals surface area contributed by atoms with E-state index in [1.807, 2.05) is 0 Å². The first-order valence-corrected chi connectivity index (χ1v) is 8.11. The van der Waals surface area contributed by atoms with Gasteiger partial charge in [-0.2, -0.15) is 0 Å². The lowest BCUT2D eigenvalue weighted by atomic mass is 9.78. The van der Waals surface area contributed by atoms with Gasteiger partial charge in [0.25, 0.3) is 0 Å². The molecule has 0 bridgehead atoms. The predicted molar refractivity (Wildman–Crippen MR) is 73.5 cm³/mol.